The van der Waals surface area contributed by atoms with E-state index in [1.54, 1.807) is 55.5 Å². The van der Waals surface area contributed by atoms with Crippen LogP contribution in [0, 0.1) is 12.7 Å². The van der Waals surface area contributed by atoms with Crippen LogP contribution in [0.2, 0.25) is 5.54 Å². The van der Waals surface area contributed by atoms with Gasteiger partial charge in [0.25, 0.3) is 0 Å². The Morgan fingerprint density at radius 3 is 1.32 bits per heavy atom. The molecule has 0 fully saturated rings. The molecule has 128 heavy (non-hydrogen) atoms. The number of carboxylic acid groups (broad SMARTS) is 10. The van der Waals surface area contributed by atoms with Gasteiger partial charge >= 0.3 is 65.7 Å². The molecule has 0 saturated carbocycles. The molecule has 1 aromatic heterocycles. The highest BCUT2D eigenvalue weighted by atomic mass is 28.2. The number of hydrogen-bond donors (Lipinski definition) is 24. The minimum absolute atomic E-state index is 0.0101. The summed E-state index contributed by atoms with van der Waals surface area (Å²) in [4.78, 5) is 275. The van der Waals surface area contributed by atoms with Gasteiger partial charge in [0.05, 0.1) is 29.1 Å². The van der Waals surface area contributed by atoms with E-state index < -0.39 is 331 Å². The van der Waals surface area contributed by atoms with E-state index in [0.29, 0.717) is 47.0 Å². The normalized spacial score (nSPS) is 14.1. The molecule has 4 aromatic rings. The standard InChI is InChI=1S/C76H103FN16O32Si3/c1-35-9-14-39(77)47(32-35)88-74(125)81-37-12-10-36(11-13-37)38-6-5-7-48-61(38)63(79)92-93(48)59(103)8-3-2-4-31-80-57(101)33-40(78)64(106)87-46(70(117)118)19-25-56(100)91-76(128,73(123)124)30-27-53(97)84-42(66(109)110)16-22-50(94)82-41(65(107)108)15-21-51(95)83-44(68(113)114)18-24-55(99)90-75(127,72(121)122)29-28-54(98)85-43(67(111)112)17-23-52(96)89-62(71(119)120)49(126)34-58(102)86-45(69(115)116)20-26-60(104)105/h5-7,9-14,32,40-46,49,62H,2-4,8,15-31,33-34,78H2,1,126-128H3,(H2,79,92)(H,80,101)(H,82,94)(H,83,95)(H,84,97)(H,85,98)(H,86,102)(H,87,106)(H,89,96)(H,90,99)(H,91,100)(H,104,105)(H,107,108)(H,109,110)(H,111,112)(H,113,114)(H,115,116)(H,117,118)(H,119,120)(H,121,122)(H,123,124)(H2,81,88,125)/t40-,41-,42-,43-,44-,45-,46-,49?,62-,75-,76-/m0/s1. The van der Waals surface area contributed by atoms with Gasteiger partial charge < -0.3 is 126 Å². The molecule has 12 amide bonds. The van der Waals surface area contributed by atoms with E-state index in [9.17, 15) is 156 Å². The molecule has 1 unspecified atom stereocenters. The van der Waals surface area contributed by atoms with Crippen LogP contribution >= 0.6 is 0 Å². The molecule has 48 nitrogen and oxygen atoms in total. The number of fused-ring (bicyclic) bond motifs is 1. The number of aryl methyl sites for hydroxylation is 1. The monoisotopic (exact) mass is 1850 g/mol. The molecule has 52 heteroatoms. The SMILES string of the molecule is Cc1ccc(F)c(NC(=O)Nc2ccc(-c3cccc4c3c(N)nn4C(=O)CCCCCNC(=O)C[C@H](N)C(=O)N[C@@H](CCC(=O)N[C@]([SiH3])(CCC(=O)N[C@@H](CCC(=O)N[C@@H](CCC(=O)N[C@@H](CCC(=O)N[C@]([SiH3])(CCC(=O)N[C@@H](CCC(=O)N[C@H](C(=O)O)C([SiH3])CC(=O)N[C@@H](CCC(=O)O)C(=O)O)C(=O)O)C(=O)O)C(=O)O)C(=O)O)C(=O)O)C(=O)O)C(=O)O)cc2)c1. The fourth-order valence-electron chi connectivity index (χ4n) is 12.5. The lowest BCUT2D eigenvalue weighted by Gasteiger charge is -2.27. The van der Waals surface area contributed by atoms with Crippen LogP contribution in [0.5, 0.6) is 0 Å². The number of benzene rings is 3. The summed E-state index contributed by atoms with van der Waals surface area (Å²) in [7, 11) is -0.944. The van der Waals surface area contributed by atoms with Gasteiger partial charge in [0.2, 0.25) is 65.0 Å². The first-order valence-corrected chi connectivity index (χ1v) is 42.8. The molecule has 0 bridgehead atoms. The van der Waals surface area contributed by atoms with Crippen molar-refractivity contribution in [3.63, 3.8) is 0 Å². The quantitative estimate of drug-likeness (QED) is 0.0145. The Kier molecular flexibility index (Phi) is 42.0. The van der Waals surface area contributed by atoms with Crippen LogP contribution in [0.25, 0.3) is 22.0 Å². The van der Waals surface area contributed by atoms with Gasteiger partial charge in [-0.05, 0) is 124 Å². The number of unbranched alkanes of at least 4 members (excludes halogenated alkanes) is 2. The highest BCUT2D eigenvalue weighted by Crippen LogP contribution is 2.34. The van der Waals surface area contributed by atoms with Crippen molar-refractivity contribution < 1.29 is 161 Å². The number of urea groups is 1. The van der Waals surface area contributed by atoms with Crippen LogP contribution in [-0.4, -0.2) is 287 Å². The number of nitrogens with one attached hydrogen (secondary N) is 12. The Morgan fingerprint density at radius 2 is 0.883 bits per heavy atom. The predicted octanol–water partition coefficient (Wildman–Crippen LogP) is -5.21. The number of hydrogen-bond acceptors (Lipinski definition) is 25. The van der Waals surface area contributed by atoms with Gasteiger partial charge in [0.1, 0.15) is 58.4 Å². The van der Waals surface area contributed by atoms with Crippen molar-refractivity contribution in [1.82, 2.24) is 62.9 Å². The lowest BCUT2D eigenvalue weighted by molar-refractivity contribution is -0.145. The fourth-order valence-corrected chi connectivity index (χ4v) is 14.3. The molecular formula is C76H103FN16O32Si3. The Morgan fingerprint density at radius 1 is 0.461 bits per heavy atom. The van der Waals surface area contributed by atoms with Crippen LogP contribution < -0.4 is 75.3 Å². The summed E-state index contributed by atoms with van der Waals surface area (Å²) in [6, 6.07) is 1.28. The van der Waals surface area contributed by atoms with Crippen molar-refractivity contribution >= 4 is 190 Å². The Labute approximate surface area is 734 Å². The number of nitrogen functional groups attached to an aromatic ring is 1. The van der Waals surface area contributed by atoms with Crippen LogP contribution in [0.3, 0.4) is 0 Å². The molecule has 1 heterocycles. The molecule has 11 atom stereocenters. The number of anilines is 3. The predicted molar refractivity (Wildman–Crippen MR) is 452 cm³/mol. The topological polar surface area (TPSA) is 792 Å². The average molecular weight is 1860 g/mol. The van der Waals surface area contributed by atoms with Crippen LogP contribution in [0.15, 0.2) is 60.7 Å². The van der Waals surface area contributed by atoms with Gasteiger partial charge in [-0.3, -0.25) is 67.1 Å². The molecule has 0 aliphatic heterocycles. The van der Waals surface area contributed by atoms with Crippen LogP contribution in [0.1, 0.15) is 152 Å². The lowest BCUT2D eigenvalue weighted by atomic mass is 10.0. The summed E-state index contributed by atoms with van der Waals surface area (Å²) < 4.78 is 15.4. The Bertz CT molecular complexity index is 4850. The van der Waals surface area contributed by atoms with E-state index in [1.165, 1.54) is 16.8 Å². The molecule has 26 N–H and O–H groups in total. The maximum Gasteiger partial charge on any atom is 0.326 e. The van der Waals surface area contributed by atoms with Crippen molar-refractivity contribution in [2.75, 3.05) is 22.9 Å². The largest absolute Gasteiger partial charge is 0.481 e. The maximum atomic E-state index is 14.2. The zero-order valence-electron chi connectivity index (χ0n) is 69.6. The summed E-state index contributed by atoms with van der Waals surface area (Å²) in [5, 5.41) is 124. The van der Waals surface area contributed by atoms with Crippen LogP contribution in [-0.2, 0) is 95.9 Å². The number of rotatable bonds is 57. The maximum absolute atomic E-state index is 14.2. The highest BCUT2D eigenvalue weighted by Gasteiger charge is 2.39. The first kappa shape index (κ1) is 106. The van der Waals surface area contributed by atoms with Gasteiger partial charge in [0.15, 0.2) is 5.82 Å². The number of amides is 12. The molecule has 3 aromatic carbocycles. The van der Waals surface area contributed by atoms with Gasteiger partial charge in [-0.25, -0.2) is 42.7 Å². The van der Waals surface area contributed by atoms with E-state index >= 15 is 0 Å². The second kappa shape index (κ2) is 50.7. The highest BCUT2D eigenvalue weighted by molar-refractivity contribution is 6.29. The van der Waals surface area contributed by atoms with E-state index in [-0.39, 0.29) is 40.6 Å². The second-order valence-corrected chi connectivity index (χ2v) is 35.2. The number of carbonyl (C=O) groups excluding carboxylic acids is 12. The fraction of sp³-hybridized carbons (Fsp3) is 0.461. The Hall–Kier alpha value is -14.2. The summed E-state index contributed by atoms with van der Waals surface area (Å²) in [6.07, 6.45) is -11.4. The zero-order chi connectivity index (χ0) is 96.2. The van der Waals surface area contributed by atoms with E-state index in [1.807, 2.05) is 10.6 Å². The minimum Gasteiger partial charge on any atom is -0.481 e. The third kappa shape index (κ3) is 35.8. The van der Waals surface area contributed by atoms with E-state index in [0.717, 1.165) is 5.56 Å². The third-order valence-corrected chi connectivity index (χ3v) is 23.2. The number of carbonyl (C=O) groups is 22. The number of halogens is 1. The van der Waals surface area contributed by atoms with Crippen molar-refractivity contribution in [2.24, 2.45) is 5.73 Å². The van der Waals surface area contributed by atoms with Crippen LogP contribution in [0.4, 0.5) is 26.4 Å². The molecule has 0 radical (unpaired) electrons. The Balaban J connectivity index is 1.16. The van der Waals surface area contributed by atoms with Crippen molar-refractivity contribution in [3.05, 3.63) is 72.0 Å². The number of aliphatic carboxylic acids is 10. The molecule has 0 spiro atoms. The smallest absolute Gasteiger partial charge is 0.326 e. The van der Waals surface area contributed by atoms with Gasteiger partial charge in [-0.2, -0.15) is 4.68 Å². The zero-order valence-corrected chi connectivity index (χ0v) is 75.6. The summed E-state index contributed by atoms with van der Waals surface area (Å²) in [5.74, 6) is -27.8. The number of nitrogens with two attached hydrogens (primary N) is 2. The molecule has 4 rings (SSSR count). The number of nitrogens with zero attached hydrogens (tertiary/aromatic N) is 2. The van der Waals surface area contributed by atoms with Crippen molar-refractivity contribution in [1.29, 1.82) is 0 Å². The summed E-state index contributed by atoms with van der Waals surface area (Å²) in [6.45, 7) is 1.84. The summed E-state index contributed by atoms with van der Waals surface area (Å²) in [5.41, 5.74) is 14.1. The average Bonchev–Trinajstić information content (AvgIpc) is 1.61. The lowest BCUT2D eigenvalue weighted by Crippen LogP contribution is -2.56. The molecule has 0 aliphatic rings. The number of carboxylic acids is 10. The van der Waals surface area contributed by atoms with E-state index in [2.05, 4.69) is 58.3 Å². The van der Waals surface area contributed by atoms with Gasteiger partial charge in [-0.1, -0.05) is 36.8 Å². The summed E-state index contributed by atoms with van der Waals surface area (Å²) >= 11 is 0. The van der Waals surface area contributed by atoms with E-state index in [4.69, 9.17) is 16.6 Å². The first-order valence-electron chi connectivity index (χ1n) is 39.7. The minimum atomic E-state index is -2.17. The van der Waals surface area contributed by atoms with Crippen molar-refractivity contribution in [2.45, 2.75) is 212 Å². The van der Waals surface area contributed by atoms with Gasteiger partial charge in [0, 0.05) is 107 Å². The molecule has 0 aliphatic carbocycles. The molecular weight excluding hydrogens is 1750 g/mol. The van der Waals surface area contributed by atoms with Crippen molar-refractivity contribution in [3.8, 4) is 11.1 Å². The first-order chi connectivity index (χ1) is 59.9. The number of aromatic nitrogens is 2. The molecule has 0 saturated heterocycles. The third-order valence-electron chi connectivity index (χ3n) is 19.8. The second-order valence-electron chi connectivity index (χ2n) is 30.3. The molecule has 698 valence electrons. The van der Waals surface area contributed by atoms with Gasteiger partial charge in [-0.15, -0.1) is 5.10 Å².